The van der Waals surface area contributed by atoms with Crippen LogP contribution in [0, 0.1) is 0 Å². The van der Waals surface area contributed by atoms with Gasteiger partial charge in [-0.3, -0.25) is 9.69 Å². The first kappa shape index (κ1) is 15.8. The number of hydrogen-bond donors (Lipinski definition) is 1. The highest BCUT2D eigenvalue weighted by atomic mass is 16.5. The third-order valence-corrected chi connectivity index (χ3v) is 4.29. The molecule has 2 aliphatic rings. The molecule has 2 unspecified atom stereocenters. The highest BCUT2D eigenvalue weighted by Crippen LogP contribution is 2.29. The number of carbonyl (C=O) groups excluding carboxylic acids is 1. The molecule has 20 heavy (non-hydrogen) atoms. The van der Waals surface area contributed by atoms with Crippen LogP contribution in [0.1, 0.15) is 59.8 Å². The fourth-order valence-electron chi connectivity index (χ4n) is 3.12. The number of hydrogen-bond acceptors (Lipinski definition) is 4. The van der Waals surface area contributed by atoms with Crippen molar-refractivity contribution in [3.05, 3.63) is 0 Å². The topological polar surface area (TPSA) is 41.6 Å². The zero-order valence-electron chi connectivity index (χ0n) is 13.4. The van der Waals surface area contributed by atoms with Gasteiger partial charge in [0.1, 0.15) is 6.04 Å². The van der Waals surface area contributed by atoms with Gasteiger partial charge < -0.3 is 10.1 Å². The number of carbonyl (C=O) groups is 1. The molecule has 1 N–H and O–H groups in total. The predicted molar refractivity (Wildman–Crippen MR) is 80.7 cm³/mol. The van der Waals surface area contributed by atoms with Crippen molar-refractivity contribution >= 4 is 5.97 Å². The van der Waals surface area contributed by atoms with E-state index in [1.807, 2.05) is 13.8 Å². The summed E-state index contributed by atoms with van der Waals surface area (Å²) in [6.45, 7) is 9.51. The number of esters is 1. The SMILES string of the molecule is CC(C)OC(=O)C1CCC(CCN(C(C)C)C2CC2)N1. The normalized spacial score (nSPS) is 26.8. The van der Waals surface area contributed by atoms with E-state index >= 15 is 0 Å². The van der Waals surface area contributed by atoms with E-state index in [0.29, 0.717) is 12.1 Å². The van der Waals surface area contributed by atoms with Crippen LogP contribution < -0.4 is 5.32 Å². The van der Waals surface area contributed by atoms with Crippen LogP contribution in [0.15, 0.2) is 0 Å². The van der Waals surface area contributed by atoms with Crippen LogP contribution in [0.3, 0.4) is 0 Å². The predicted octanol–water partition coefficient (Wildman–Crippen LogP) is 2.32. The summed E-state index contributed by atoms with van der Waals surface area (Å²) in [5.74, 6) is -0.0783. The van der Waals surface area contributed by atoms with Gasteiger partial charge in [0.25, 0.3) is 0 Å². The Bertz CT molecular complexity index is 324. The molecular weight excluding hydrogens is 252 g/mol. The summed E-state index contributed by atoms with van der Waals surface area (Å²) in [5.41, 5.74) is 0. The number of nitrogens with one attached hydrogen (secondary N) is 1. The molecule has 0 aromatic heterocycles. The van der Waals surface area contributed by atoms with Crippen molar-refractivity contribution < 1.29 is 9.53 Å². The molecular formula is C16H30N2O2. The second-order valence-corrected chi connectivity index (χ2v) is 6.83. The summed E-state index contributed by atoms with van der Waals surface area (Å²) in [5, 5.41) is 3.45. The average Bonchev–Trinajstić information content (AvgIpc) is 3.05. The molecule has 0 bridgehead atoms. The highest BCUT2D eigenvalue weighted by molar-refractivity contribution is 5.76. The second kappa shape index (κ2) is 6.90. The standard InChI is InChI=1S/C16H30N2O2/c1-11(2)18(14-6-7-14)10-9-13-5-8-15(17-13)16(19)20-12(3)4/h11-15,17H,5-10H2,1-4H3. The summed E-state index contributed by atoms with van der Waals surface area (Å²) < 4.78 is 5.28. The number of ether oxygens (including phenoxy) is 1. The lowest BCUT2D eigenvalue weighted by Crippen LogP contribution is -2.40. The van der Waals surface area contributed by atoms with Crippen molar-refractivity contribution in [1.82, 2.24) is 10.2 Å². The van der Waals surface area contributed by atoms with Gasteiger partial charge in [-0.2, -0.15) is 0 Å². The Labute approximate surface area is 123 Å². The lowest BCUT2D eigenvalue weighted by Gasteiger charge is -2.27. The third-order valence-electron chi connectivity index (χ3n) is 4.29. The number of rotatable bonds is 7. The van der Waals surface area contributed by atoms with E-state index in [2.05, 4.69) is 24.1 Å². The molecule has 0 radical (unpaired) electrons. The van der Waals surface area contributed by atoms with Crippen LogP contribution in [-0.4, -0.2) is 47.7 Å². The third kappa shape index (κ3) is 4.45. The Morgan fingerprint density at radius 3 is 2.45 bits per heavy atom. The Kier molecular flexibility index (Phi) is 5.44. The maximum absolute atomic E-state index is 11.9. The molecule has 4 nitrogen and oxygen atoms in total. The van der Waals surface area contributed by atoms with Gasteiger partial charge in [0, 0.05) is 24.7 Å². The van der Waals surface area contributed by atoms with Gasteiger partial charge in [-0.05, 0) is 59.8 Å². The zero-order chi connectivity index (χ0) is 14.7. The first-order valence-electron chi connectivity index (χ1n) is 8.19. The van der Waals surface area contributed by atoms with Gasteiger partial charge in [-0.15, -0.1) is 0 Å². The Morgan fingerprint density at radius 1 is 1.20 bits per heavy atom. The molecule has 116 valence electrons. The van der Waals surface area contributed by atoms with Gasteiger partial charge in [-0.25, -0.2) is 0 Å². The van der Waals surface area contributed by atoms with E-state index in [1.165, 1.54) is 12.8 Å². The molecule has 1 heterocycles. The van der Waals surface area contributed by atoms with Crippen molar-refractivity contribution in [3.63, 3.8) is 0 Å². The van der Waals surface area contributed by atoms with Crippen LogP contribution in [0.25, 0.3) is 0 Å². The Morgan fingerprint density at radius 2 is 1.90 bits per heavy atom. The van der Waals surface area contributed by atoms with Crippen LogP contribution in [0.2, 0.25) is 0 Å². The highest BCUT2D eigenvalue weighted by Gasteiger charge is 2.33. The van der Waals surface area contributed by atoms with Crippen LogP contribution >= 0.6 is 0 Å². The maximum Gasteiger partial charge on any atom is 0.323 e. The maximum atomic E-state index is 11.9. The van der Waals surface area contributed by atoms with Crippen molar-refractivity contribution in [2.24, 2.45) is 0 Å². The second-order valence-electron chi connectivity index (χ2n) is 6.83. The van der Waals surface area contributed by atoms with Gasteiger partial charge in [0.05, 0.1) is 6.10 Å². The molecule has 1 saturated carbocycles. The molecule has 1 saturated heterocycles. The lowest BCUT2D eigenvalue weighted by atomic mass is 10.1. The fourth-order valence-corrected chi connectivity index (χ4v) is 3.12. The first-order chi connectivity index (χ1) is 9.47. The minimum Gasteiger partial charge on any atom is -0.462 e. The van der Waals surface area contributed by atoms with E-state index in [4.69, 9.17) is 4.74 Å². The van der Waals surface area contributed by atoms with E-state index in [9.17, 15) is 4.79 Å². The average molecular weight is 282 g/mol. The zero-order valence-corrected chi connectivity index (χ0v) is 13.4. The van der Waals surface area contributed by atoms with Crippen molar-refractivity contribution in [3.8, 4) is 0 Å². The first-order valence-corrected chi connectivity index (χ1v) is 8.19. The monoisotopic (exact) mass is 282 g/mol. The molecule has 4 heteroatoms. The quantitative estimate of drug-likeness (QED) is 0.728. The Hall–Kier alpha value is -0.610. The molecule has 0 aromatic carbocycles. The molecule has 0 spiro atoms. The minimum absolute atomic E-state index is 0.0188. The Balaban J connectivity index is 1.71. The molecule has 2 fully saturated rings. The van der Waals surface area contributed by atoms with E-state index in [-0.39, 0.29) is 18.1 Å². The minimum atomic E-state index is -0.0872. The summed E-state index contributed by atoms with van der Waals surface area (Å²) in [6.07, 6.45) is 5.85. The van der Waals surface area contributed by atoms with Crippen LogP contribution in [0.5, 0.6) is 0 Å². The van der Waals surface area contributed by atoms with Gasteiger partial charge in [0.2, 0.25) is 0 Å². The van der Waals surface area contributed by atoms with E-state index in [1.54, 1.807) is 0 Å². The number of nitrogens with zero attached hydrogens (tertiary/aromatic N) is 1. The van der Waals surface area contributed by atoms with Gasteiger partial charge >= 0.3 is 5.97 Å². The van der Waals surface area contributed by atoms with Crippen molar-refractivity contribution in [2.75, 3.05) is 6.54 Å². The molecule has 0 amide bonds. The molecule has 2 atom stereocenters. The largest absolute Gasteiger partial charge is 0.462 e. The molecule has 2 rings (SSSR count). The molecule has 1 aliphatic heterocycles. The summed E-state index contributed by atoms with van der Waals surface area (Å²) in [7, 11) is 0. The van der Waals surface area contributed by atoms with Crippen molar-refractivity contribution in [2.45, 2.75) is 90.1 Å². The summed E-state index contributed by atoms with van der Waals surface area (Å²) in [4.78, 5) is 14.5. The van der Waals surface area contributed by atoms with E-state index < -0.39 is 0 Å². The summed E-state index contributed by atoms with van der Waals surface area (Å²) >= 11 is 0. The van der Waals surface area contributed by atoms with Gasteiger partial charge in [-0.1, -0.05) is 0 Å². The van der Waals surface area contributed by atoms with Crippen molar-refractivity contribution in [1.29, 1.82) is 0 Å². The summed E-state index contributed by atoms with van der Waals surface area (Å²) in [6, 6.07) is 1.83. The van der Waals surface area contributed by atoms with E-state index in [0.717, 1.165) is 31.8 Å². The smallest absolute Gasteiger partial charge is 0.323 e. The van der Waals surface area contributed by atoms with Crippen LogP contribution in [0.4, 0.5) is 0 Å². The lowest BCUT2D eigenvalue weighted by molar-refractivity contribution is -0.149. The van der Waals surface area contributed by atoms with Crippen LogP contribution in [-0.2, 0) is 9.53 Å². The molecule has 1 aliphatic carbocycles. The molecule has 0 aromatic rings. The van der Waals surface area contributed by atoms with Gasteiger partial charge in [0.15, 0.2) is 0 Å². The fraction of sp³-hybridized carbons (Fsp3) is 0.938.